The number of para-hydroxylation sites is 1. The Morgan fingerprint density at radius 1 is 1.05 bits per heavy atom. The summed E-state index contributed by atoms with van der Waals surface area (Å²) >= 11 is 0. The van der Waals surface area contributed by atoms with Crippen LogP contribution >= 0.6 is 0 Å². The van der Waals surface area contributed by atoms with E-state index < -0.39 is 12.5 Å². The van der Waals surface area contributed by atoms with Crippen molar-refractivity contribution >= 4 is 0 Å². The van der Waals surface area contributed by atoms with E-state index >= 15 is 0 Å². The molecule has 3 nitrogen and oxygen atoms in total. The minimum absolute atomic E-state index is 0.131. The molecule has 1 unspecified atom stereocenters. The Balaban J connectivity index is 2.20. The molecule has 0 saturated heterocycles. The van der Waals surface area contributed by atoms with Crippen LogP contribution in [0.1, 0.15) is 25.3 Å². The van der Waals surface area contributed by atoms with Gasteiger partial charge in [-0.05, 0) is 37.3 Å². The molecule has 5 heteroatoms. The number of rotatable bonds is 7. The number of aliphatic hydroxyl groups is 1. The van der Waals surface area contributed by atoms with E-state index in [0.717, 1.165) is 0 Å². The number of hydrogen-bond acceptors (Lipinski definition) is 3. The van der Waals surface area contributed by atoms with Gasteiger partial charge in [0, 0.05) is 12.0 Å². The van der Waals surface area contributed by atoms with E-state index in [0.29, 0.717) is 17.9 Å². The van der Waals surface area contributed by atoms with Crippen molar-refractivity contribution in [3.63, 3.8) is 0 Å². The molecule has 2 aromatic carbocycles. The third kappa shape index (κ3) is 4.70. The largest absolute Gasteiger partial charge is 0.490 e. The van der Waals surface area contributed by atoms with E-state index in [1.165, 1.54) is 18.2 Å². The van der Waals surface area contributed by atoms with E-state index in [1.54, 1.807) is 31.2 Å². The summed E-state index contributed by atoms with van der Waals surface area (Å²) in [6.45, 7) is 1.93. The second-order valence-corrected chi connectivity index (χ2v) is 4.91. The number of halogens is 2. The van der Waals surface area contributed by atoms with Gasteiger partial charge >= 0.3 is 0 Å². The summed E-state index contributed by atoms with van der Waals surface area (Å²) in [5, 5.41) is 9.24. The highest BCUT2D eigenvalue weighted by Gasteiger charge is 2.13. The second-order valence-electron chi connectivity index (χ2n) is 4.91. The van der Waals surface area contributed by atoms with Crippen LogP contribution in [-0.2, 0) is 0 Å². The number of aliphatic hydroxyl groups excluding tert-OH is 1. The maximum atomic E-state index is 12.8. The highest BCUT2D eigenvalue weighted by Crippen LogP contribution is 2.35. The van der Waals surface area contributed by atoms with Crippen molar-refractivity contribution in [2.24, 2.45) is 0 Å². The van der Waals surface area contributed by atoms with Gasteiger partial charge in [-0.2, -0.15) is 0 Å². The van der Waals surface area contributed by atoms with Gasteiger partial charge in [0.25, 0.3) is 6.43 Å². The van der Waals surface area contributed by atoms with Gasteiger partial charge in [-0.15, -0.1) is 0 Å². The van der Waals surface area contributed by atoms with Crippen LogP contribution in [0.5, 0.6) is 17.2 Å². The first-order chi connectivity index (χ1) is 10.6. The van der Waals surface area contributed by atoms with Crippen LogP contribution in [0.15, 0.2) is 48.5 Å². The molecular formula is C17H18F2O3. The first-order valence-electron chi connectivity index (χ1n) is 7.02. The molecule has 0 fully saturated rings. The fourth-order valence-electron chi connectivity index (χ4n) is 1.81. The van der Waals surface area contributed by atoms with Gasteiger partial charge < -0.3 is 14.6 Å². The van der Waals surface area contributed by atoms with Crippen molar-refractivity contribution in [2.75, 3.05) is 6.61 Å². The predicted molar refractivity (Wildman–Crippen MR) is 79.7 cm³/mol. The zero-order valence-corrected chi connectivity index (χ0v) is 12.2. The number of benzene rings is 2. The fraction of sp³-hybridized carbons (Fsp3) is 0.294. The maximum absolute atomic E-state index is 12.8. The molecule has 0 amide bonds. The summed E-state index contributed by atoms with van der Waals surface area (Å²) in [4.78, 5) is 0. The normalized spacial score (nSPS) is 12.2. The third-order valence-corrected chi connectivity index (χ3v) is 2.98. The van der Waals surface area contributed by atoms with Crippen molar-refractivity contribution in [2.45, 2.75) is 25.9 Å². The van der Waals surface area contributed by atoms with E-state index in [2.05, 4.69) is 0 Å². The number of ether oxygens (including phenoxy) is 2. The van der Waals surface area contributed by atoms with Gasteiger partial charge in [-0.3, -0.25) is 0 Å². The average Bonchev–Trinajstić information content (AvgIpc) is 2.49. The highest BCUT2D eigenvalue weighted by molar-refractivity contribution is 5.45. The standard InChI is InChI=1S/C17H18F2O3/c1-12(20)9-10-21-15-8-7-13(17(18)19)11-16(15)22-14-5-3-2-4-6-14/h2-8,11-12,17,20H,9-10H2,1H3. The molecule has 22 heavy (non-hydrogen) atoms. The minimum atomic E-state index is -2.58. The molecule has 0 aliphatic rings. The Hall–Kier alpha value is -2.14. The zero-order valence-electron chi connectivity index (χ0n) is 12.2. The van der Waals surface area contributed by atoms with E-state index in [1.807, 2.05) is 6.07 Å². The van der Waals surface area contributed by atoms with Crippen molar-refractivity contribution in [1.82, 2.24) is 0 Å². The monoisotopic (exact) mass is 308 g/mol. The van der Waals surface area contributed by atoms with Crippen LogP contribution in [0.3, 0.4) is 0 Å². The summed E-state index contributed by atoms with van der Waals surface area (Å²) in [6.07, 6.45) is -2.62. The van der Waals surface area contributed by atoms with Gasteiger partial charge in [0.05, 0.1) is 12.7 Å². The molecule has 0 spiro atoms. The van der Waals surface area contributed by atoms with Crippen LogP contribution in [0.2, 0.25) is 0 Å². The summed E-state index contributed by atoms with van der Waals surface area (Å²) in [7, 11) is 0. The van der Waals surface area contributed by atoms with Gasteiger partial charge in [-0.25, -0.2) is 8.78 Å². The van der Waals surface area contributed by atoms with Crippen LogP contribution in [0.25, 0.3) is 0 Å². The van der Waals surface area contributed by atoms with Crippen molar-refractivity contribution in [3.8, 4) is 17.2 Å². The topological polar surface area (TPSA) is 38.7 Å². The lowest BCUT2D eigenvalue weighted by molar-refractivity contribution is 0.149. The lowest BCUT2D eigenvalue weighted by atomic mass is 10.2. The highest BCUT2D eigenvalue weighted by atomic mass is 19.3. The number of alkyl halides is 2. The van der Waals surface area contributed by atoms with Crippen molar-refractivity contribution < 1.29 is 23.4 Å². The first kappa shape index (κ1) is 16.2. The summed E-state index contributed by atoms with van der Waals surface area (Å²) in [5.74, 6) is 1.14. The molecule has 1 N–H and O–H groups in total. The Labute approximate surface area is 128 Å². The van der Waals surface area contributed by atoms with Crippen LogP contribution < -0.4 is 9.47 Å². The molecule has 2 aromatic rings. The van der Waals surface area contributed by atoms with Crippen molar-refractivity contribution in [3.05, 3.63) is 54.1 Å². The summed E-state index contributed by atoms with van der Waals surface area (Å²) in [5.41, 5.74) is -0.131. The molecule has 0 aromatic heterocycles. The lowest BCUT2D eigenvalue weighted by Crippen LogP contribution is -2.08. The quantitative estimate of drug-likeness (QED) is 0.814. The predicted octanol–water partition coefficient (Wildman–Crippen LogP) is 4.57. The molecule has 0 bridgehead atoms. The van der Waals surface area contributed by atoms with E-state index in [4.69, 9.17) is 9.47 Å². The minimum Gasteiger partial charge on any atom is -0.490 e. The zero-order chi connectivity index (χ0) is 15.9. The van der Waals surface area contributed by atoms with Crippen LogP contribution in [0.4, 0.5) is 8.78 Å². The molecule has 0 radical (unpaired) electrons. The van der Waals surface area contributed by atoms with E-state index in [9.17, 15) is 13.9 Å². The second kappa shape index (κ2) is 7.75. The molecule has 118 valence electrons. The van der Waals surface area contributed by atoms with Crippen LogP contribution in [0, 0.1) is 0 Å². The summed E-state index contributed by atoms with van der Waals surface area (Å²) < 4.78 is 36.9. The molecule has 0 heterocycles. The Morgan fingerprint density at radius 2 is 1.77 bits per heavy atom. The Kier molecular flexibility index (Phi) is 5.72. The first-order valence-corrected chi connectivity index (χ1v) is 7.02. The lowest BCUT2D eigenvalue weighted by Gasteiger charge is -2.14. The Bertz CT molecular complexity index is 586. The SMILES string of the molecule is CC(O)CCOc1ccc(C(F)F)cc1Oc1ccccc1. The van der Waals surface area contributed by atoms with Gasteiger partial charge in [-0.1, -0.05) is 18.2 Å². The maximum Gasteiger partial charge on any atom is 0.263 e. The molecule has 1 atom stereocenters. The molecular weight excluding hydrogens is 290 g/mol. The fourth-order valence-corrected chi connectivity index (χ4v) is 1.81. The third-order valence-electron chi connectivity index (χ3n) is 2.98. The smallest absolute Gasteiger partial charge is 0.263 e. The molecule has 0 aliphatic carbocycles. The Morgan fingerprint density at radius 3 is 2.41 bits per heavy atom. The number of hydrogen-bond donors (Lipinski definition) is 1. The van der Waals surface area contributed by atoms with Gasteiger partial charge in [0.2, 0.25) is 0 Å². The molecule has 2 rings (SSSR count). The van der Waals surface area contributed by atoms with Gasteiger partial charge in [0.1, 0.15) is 5.75 Å². The van der Waals surface area contributed by atoms with E-state index in [-0.39, 0.29) is 17.9 Å². The average molecular weight is 308 g/mol. The summed E-state index contributed by atoms with van der Waals surface area (Å²) in [6, 6.07) is 12.9. The van der Waals surface area contributed by atoms with Crippen molar-refractivity contribution in [1.29, 1.82) is 0 Å². The molecule has 0 aliphatic heterocycles. The van der Waals surface area contributed by atoms with Crippen LogP contribution in [-0.4, -0.2) is 17.8 Å². The van der Waals surface area contributed by atoms with Gasteiger partial charge in [0.15, 0.2) is 11.5 Å². The molecule has 0 saturated carbocycles.